The predicted octanol–water partition coefficient (Wildman–Crippen LogP) is 2.76. The third-order valence-corrected chi connectivity index (χ3v) is 2.85. The summed E-state index contributed by atoms with van der Waals surface area (Å²) in [6, 6.07) is 2.28. The van der Waals surface area contributed by atoms with E-state index in [1.165, 1.54) is 6.07 Å². The molecule has 0 unspecified atom stereocenters. The lowest BCUT2D eigenvalue weighted by molar-refractivity contribution is -0.139. The minimum Gasteiger partial charge on any atom is -0.465 e. The number of fused-ring (bicyclic) bond motifs is 1. The van der Waals surface area contributed by atoms with E-state index in [1.54, 1.807) is 6.92 Å². The zero-order valence-electron chi connectivity index (χ0n) is 9.41. The number of hydrogen-bond acceptors (Lipinski definition) is 5. The van der Waals surface area contributed by atoms with Crippen LogP contribution < -0.4 is 0 Å². The second-order valence-corrected chi connectivity index (χ2v) is 4.21. The highest BCUT2D eigenvalue weighted by Gasteiger charge is 2.15. The van der Waals surface area contributed by atoms with Crippen LogP contribution in [0.25, 0.3) is 11.1 Å². The first kappa shape index (κ1) is 12.8. The second-order valence-electron chi connectivity index (χ2n) is 3.28. The largest absolute Gasteiger partial charge is 0.465 e. The van der Waals surface area contributed by atoms with Gasteiger partial charge in [0.15, 0.2) is 11.4 Å². The molecular formula is C11H9F2NO3S. The van der Waals surface area contributed by atoms with Gasteiger partial charge in [0.25, 0.3) is 5.22 Å². The van der Waals surface area contributed by atoms with Crippen molar-refractivity contribution in [1.29, 1.82) is 0 Å². The maximum atomic E-state index is 13.3. The second kappa shape index (κ2) is 5.34. The van der Waals surface area contributed by atoms with Crippen LogP contribution in [-0.2, 0) is 9.53 Å². The Bertz CT molecular complexity index is 585. The Kier molecular flexibility index (Phi) is 3.81. The maximum Gasteiger partial charge on any atom is 0.316 e. The number of ether oxygens (including phenoxy) is 1. The van der Waals surface area contributed by atoms with Gasteiger partial charge in [0.1, 0.15) is 11.3 Å². The number of thioether (sulfide) groups is 1. The molecule has 0 radical (unpaired) electrons. The van der Waals surface area contributed by atoms with E-state index in [4.69, 9.17) is 9.15 Å². The molecule has 0 aliphatic rings. The molecule has 1 aromatic heterocycles. The Morgan fingerprint density at radius 1 is 1.50 bits per heavy atom. The van der Waals surface area contributed by atoms with E-state index < -0.39 is 17.6 Å². The van der Waals surface area contributed by atoms with Crippen LogP contribution in [0.2, 0.25) is 0 Å². The smallest absolute Gasteiger partial charge is 0.316 e. The lowest BCUT2D eigenvalue weighted by atomic mass is 10.3. The fourth-order valence-electron chi connectivity index (χ4n) is 1.30. The van der Waals surface area contributed by atoms with Crippen molar-refractivity contribution in [2.24, 2.45) is 0 Å². The molecule has 0 bridgehead atoms. The van der Waals surface area contributed by atoms with Crippen LogP contribution in [0, 0.1) is 11.6 Å². The van der Waals surface area contributed by atoms with E-state index >= 15 is 0 Å². The van der Waals surface area contributed by atoms with E-state index in [0.717, 1.165) is 17.8 Å². The summed E-state index contributed by atoms with van der Waals surface area (Å²) in [5.41, 5.74) is -0.0402. The molecule has 0 saturated heterocycles. The number of benzene rings is 1. The molecule has 0 aliphatic carbocycles. The zero-order chi connectivity index (χ0) is 13.1. The number of oxazole rings is 1. The first-order valence-electron chi connectivity index (χ1n) is 5.14. The van der Waals surface area contributed by atoms with Gasteiger partial charge >= 0.3 is 5.97 Å². The molecule has 1 heterocycles. The van der Waals surface area contributed by atoms with Gasteiger partial charge in [-0.15, -0.1) is 0 Å². The molecule has 2 aromatic rings. The van der Waals surface area contributed by atoms with Crippen LogP contribution in [0.15, 0.2) is 21.8 Å². The number of esters is 1. The van der Waals surface area contributed by atoms with Crippen molar-refractivity contribution in [1.82, 2.24) is 4.98 Å². The van der Waals surface area contributed by atoms with Crippen molar-refractivity contribution in [3.05, 3.63) is 23.8 Å². The highest BCUT2D eigenvalue weighted by Crippen LogP contribution is 2.26. The molecule has 7 heteroatoms. The average molecular weight is 273 g/mol. The molecule has 0 saturated carbocycles. The Morgan fingerprint density at radius 3 is 3.00 bits per heavy atom. The van der Waals surface area contributed by atoms with Crippen LogP contribution in [-0.4, -0.2) is 23.3 Å². The Hall–Kier alpha value is -1.63. The molecule has 2 rings (SSSR count). The van der Waals surface area contributed by atoms with E-state index in [0.29, 0.717) is 0 Å². The molecule has 0 N–H and O–H groups in total. The minimum absolute atomic E-state index is 0.00473. The van der Waals surface area contributed by atoms with E-state index in [1.807, 2.05) is 0 Å². The van der Waals surface area contributed by atoms with Gasteiger partial charge in [0.05, 0.1) is 6.61 Å². The van der Waals surface area contributed by atoms with Crippen molar-refractivity contribution >= 4 is 28.8 Å². The van der Waals surface area contributed by atoms with Gasteiger partial charge in [-0.3, -0.25) is 4.79 Å². The molecule has 1 aromatic carbocycles. The van der Waals surface area contributed by atoms with E-state index in [-0.39, 0.29) is 28.7 Å². The number of hydrogen-bond donors (Lipinski definition) is 0. The number of nitrogens with zero attached hydrogens (tertiary/aromatic N) is 1. The van der Waals surface area contributed by atoms with Gasteiger partial charge in [0, 0.05) is 0 Å². The number of halogens is 2. The molecule has 0 spiro atoms. The summed E-state index contributed by atoms with van der Waals surface area (Å²) in [6.45, 7) is 1.98. The Labute approximate surface area is 105 Å². The van der Waals surface area contributed by atoms with Gasteiger partial charge in [0.2, 0.25) is 5.82 Å². The topological polar surface area (TPSA) is 52.3 Å². The summed E-state index contributed by atoms with van der Waals surface area (Å²) in [5.74, 6) is -2.50. The van der Waals surface area contributed by atoms with Gasteiger partial charge in [-0.05, 0) is 19.1 Å². The fraction of sp³-hybridized carbons (Fsp3) is 0.273. The highest BCUT2D eigenvalue weighted by atomic mass is 32.2. The van der Waals surface area contributed by atoms with Gasteiger partial charge in [-0.2, -0.15) is 4.39 Å². The van der Waals surface area contributed by atoms with Crippen LogP contribution in [0.1, 0.15) is 6.92 Å². The summed E-state index contributed by atoms with van der Waals surface area (Å²) in [5, 5.41) is 0.0996. The van der Waals surface area contributed by atoms with Crippen LogP contribution in [0.5, 0.6) is 0 Å². The van der Waals surface area contributed by atoms with Crippen LogP contribution >= 0.6 is 11.8 Å². The van der Waals surface area contributed by atoms with Crippen molar-refractivity contribution in [2.45, 2.75) is 12.1 Å². The van der Waals surface area contributed by atoms with Crippen LogP contribution in [0.4, 0.5) is 8.78 Å². The van der Waals surface area contributed by atoms with Crippen molar-refractivity contribution in [3.8, 4) is 0 Å². The van der Waals surface area contributed by atoms with Gasteiger partial charge in [-0.1, -0.05) is 11.8 Å². The van der Waals surface area contributed by atoms with Crippen molar-refractivity contribution in [3.63, 3.8) is 0 Å². The van der Waals surface area contributed by atoms with E-state index in [2.05, 4.69) is 4.98 Å². The first-order valence-corrected chi connectivity index (χ1v) is 6.13. The molecule has 96 valence electrons. The lowest BCUT2D eigenvalue weighted by Crippen LogP contribution is -2.06. The Morgan fingerprint density at radius 2 is 2.28 bits per heavy atom. The van der Waals surface area contributed by atoms with E-state index in [9.17, 15) is 13.6 Å². The normalized spacial score (nSPS) is 10.8. The lowest BCUT2D eigenvalue weighted by Gasteiger charge is -1.97. The molecule has 0 fully saturated rings. The molecule has 0 atom stereocenters. The molecule has 18 heavy (non-hydrogen) atoms. The summed E-state index contributed by atoms with van der Waals surface area (Å²) >= 11 is 0.967. The first-order chi connectivity index (χ1) is 8.61. The van der Waals surface area contributed by atoms with Crippen molar-refractivity contribution in [2.75, 3.05) is 12.4 Å². The molecule has 4 nitrogen and oxygen atoms in total. The number of carbonyl (C=O) groups excluding carboxylic acids is 1. The fourth-order valence-corrected chi connectivity index (χ4v) is 1.93. The van der Waals surface area contributed by atoms with Crippen molar-refractivity contribution < 1.29 is 22.7 Å². The standard InChI is InChI=1S/C11H9F2NO3S/c1-2-16-8(15)5-18-11-14-7-4-3-6(12)9(13)10(7)17-11/h3-4H,2,5H2,1H3. The summed E-state index contributed by atoms with van der Waals surface area (Å²) in [7, 11) is 0. The third kappa shape index (κ3) is 2.61. The summed E-state index contributed by atoms with van der Waals surface area (Å²) in [4.78, 5) is 15.0. The number of rotatable bonds is 4. The third-order valence-electron chi connectivity index (χ3n) is 2.05. The quantitative estimate of drug-likeness (QED) is 0.633. The molecule has 0 aliphatic heterocycles. The van der Waals surface area contributed by atoms with Crippen LogP contribution in [0.3, 0.4) is 0 Å². The summed E-state index contributed by atoms with van der Waals surface area (Å²) < 4.78 is 36.0. The maximum absolute atomic E-state index is 13.3. The van der Waals surface area contributed by atoms with Gasteiger partial charge in [-0.25, -0.2) is 9.37 Å². The zero-order valence-corrected chi connectivity index (χ0v) is 10.2. The minimum atomic E-state index is -1.08. The monoisotopic (exact) mass is 273 g/mol. The average Bonchev–Trinajstić information content (AvgIpc) is 2.76. The summed E-state index contributed by atoms with van der Waals surface area (Å²) in [6.07, 6.45) is 0. The Balaban J connectivity index is 2.16. The SMILES string of the molecule is CCOC(=O)CSc1nc2ccc(F)c(F)c2o1. The number of aromatic nitrogens is 1. The molecular weight excluding hydrogens is 264 g/mol. The highest BCUT2D eigenvalue weighted by molar-refractivity contribution is 7.99. The van der Waals surface area contributed by atoms with Gasteiger partial charge < -0.3 is 9.15 Å². The molecule has 0 amide bonds. The number of carbonyl (C=O) groups is 1. The predicted molar refractivity (Wildman–Crippen MR) is 61.3 cm³/mol.